The third kappa shape index (κ3) is 6.03. The molecule has 0 heterocycles. The fourth-order valence-corrected chi connectivity index (χ4v) is 2.74. The Hall–Kier alpha value is -1.87. The Labute approximate surface area is 139 Å². The van der Waals surface area contributed by atoms with Gasteiger partial charge in [-0.05, 0) is 28.2 Å². The zero-order valence-corrected chi connectivity index (χ0v) is 14.0. The topological polar surface area (TPSA) is 41.2 Å². The largest absolute Gasteiger partial charge is 0.597 e. The summed E-state index contributed by atoms with van der Waals surface area (Å²) in [5, 5.41) is 2.39. The van der Waals surface area contributed by atoms with Crippen LogP contribution in [0.15, 0.2) is 42.5 Å². The third-order valence-corrected chi connectivity index (χ3v) is 4.06. The van der Waals surface area contributed by atoms with E-state index in [1.54, 1.807) is 0 Å². The minimum Gasteiger partial charge on any atom is -0.199 e. The summed E-state index contributed by atoms with van der Waals surface area (Å²) >= 11 is 0. The molecule has 2 aromatic carbocycles. The molecule has 0 spiro atoms. The Bertz CT molecular complexity index is 604. The lowest BCUT2D eigenvalue weighted by Gasteiger charge is -2.04. The van der Waals surface area contributed by atoms with Gasteiger partial charge in [0, 0.05) is 0 Å². The first kappa shape index (κ1) is 17.5. The molecule has 123 valence electrons. The van der Waals surface area contributed by atoms with Gasteiger partial charge >= 0.3 is 5.97 Å². The molecule has 0 amide bonds. The fraction of sp³-hybridized carbons (Fsp3) is 0.450. The molecule has 0 saturated heterocycles. The van der Waals surface area contributed by atoms with Crippen LogP contribution < -0.4 is 5.48 Å². The van der Waals surface area contributed by atoms with Crippen molar-refractivity contribution in [1.29, 1.82) is 0 Å². The lowest BCUT2D eigenvalue weighted by molar-refractivity contribution is -0.151. The van der Waals surface area contributed by atoms with Crippen molar-refractivity contribution in [2.75, 3.05) is 0 Å². The van der Waals surface area contributed by atoms with E-state index in [0.717, 1.165) is 18.4 Å². The minimum absolute atomic E-state index is 0.166. The molecule has 0 atom stereocenters. The van der Waals surface area contributed by atoms with Crippen LogP contribution >= 0.6 is 0 Å². The number of carbonyl (C=O) groups excluding carboxylic acids is 1. The number of fused-ring (bicyclic) bond motifs is 1. The van der Waals surface area contributed by atoms with Crippen LogP contribution in [-0.4, -0.2) is 5.97 Å². The van der Waals surface area contributed by atoms with Crippen LogP contribution in [0.5, 0.6) is 0 Å². The number of hydrogen-bond acceptors (Lipinski definition) is 3. The van der Waals surface area contributed by atoms with E-state index in [4.69, 9.17) is 4.84 Å². The van der Waals surface area contributed by atoms with Gasteiger partial charge in [-0.1, -0.05) is 81.5 Å². The second-order valence-corrected chi connectivity index (χ2v) is 5.95. The Kier molecular flexibility index (Phi) is 7.61. The second kappa shape index (κ2) is 10.0. The number of rotatable bonds is 10. The monoisotopic (exact) mass is 313 g/mol. The first-order valence-electron chi connectivity index (χ1n) is 8.70. The van der Waals surface area contributed by atoms with E-state index in [1.165, 1.54) is 36.5 Å². The first-order valence-corrected chi connectivity index (χ1v) is 8.70. The van der Waals surface area contributed by atoms with E-state index in [9.17, 15) is 4.79 Å². The van der Waals surface area contributed by atoms with Crippen LogP contribution in [-0.2, 0) is 16.2 Å². The van der Waals surface area contributed by atoms with Gasteiger partial charge in [0.1, 0.15) is 6.42 Å². The summed E-state index contributed by atoms with van der Waals surface area (Å²) in [6.45, 7) is 2.74. The molecule has 0 aliphatic carbocycles. The highest BCUT2D eigenvalue weighted by molar-refractivity contribution is 5.85. The van der Waals surface area contributed by atoms with Gasteiger partial charge in [-0.15, -0.1) is 0 Å². The van der Waals surface area contributed by atoms with Crippen molar-refractivity contribution in [3.63, 3.8) is 0 Å². The molecule has 0 saturated carbocycles. The van der Waals surface area contributed by atoms with E-state index >= 15 is 0 Å². The number of hydrogen-bond donors (Lipinski definition) is 1. The van der Waals surface area contributed by atoms with Crippen molar-refractivity contribution in [1.82, 2.24) is 5.48 Å². The molecule has 0 bridgehead atoms. The number of unbranched alkanes of at least 4 members (excludes halogenated alkanes) is 5. The maximum absolute atomic E-state index is 11.7. The van der Waals surface area contributed by atoms with Crippen molar-refractivity contribution < 1.29 is 9.63 Å². The van der Waals surface area contributed by atoms with E-state index in [2.05, 4.69) is 36.7 Å². The predicted octanol–water partition coefficient (Wildman–Crippen LogP) is 5.14. The number of carbonyl (C=O) groups is 1. The minimum atomic E-state index is -0.166. The smallest absolute Gasteiger partial charge is 0.199 e. The van der Waals surface area contributed by atoms with Gasteiger partial charge in [0.25, 0.3) is 0 Å². The van der Waals surface area contributed by atoms with Crippen molar-refractivity contribution >= 4 is 16.7 Å². The van der Waals surface area contributed by atoms with Crippen LogP contribution in [0.2, 0.25) is 0 Å². The van der Waals surface area contributed by atoms with Crippen LogP contribution in [0.1, 0.15) is 57.4 Å². The highest BCUT2D eigenvalue weighted by Gasteiger charge is 2.16. The normalized spacial score (nSPS) is 10.8. The van der Waals surface area contributed by atoms with Crippen LogP contribution in [0.25, 0.3) is 10.8 Å². The zero-order chi connectivity index (χ0) is 16.3. The summed E-state index contributed by atoms with van der Waals surface area (Å²) in [4.78, 5) is 16.8. The maximum Gasteiger partial charge on any atom is 0.597 e. The van der Waals surface area contributed by atoms with Crippen molar-refractivity contribution in [2.45, 2.75) is 58.4 Å². The summed E-state index contributed by atoms with van der Waals surface area (Å²) in [6, 6.07) is 14.4. The second-order valence-electron chi connectivity index (χ2n) is 5.95. The van der Waals surface area contributed by atoms with E-state index in [1.807, 2.05) is 18.2 Å². The quantitative estimate of drug-likeness (QED) is 0.375. The fourth-order valence-electron chi connectivity index (χ4n) is 2.74. The number of hydroxylamine groups is 1. The van der Waals surface area contributed by atoms with Gasteiger partial charge < -0.3 is 0 Å². The molecule has 2 rings (SSSR count). The van der Waals surface area contributed by atoms with E-state index in [0.29, 0.717) is 13.0 Å². The molecule has 3 nitrogen and oxygen atoms in total. The predicted molar refractivity (Wildman–Crippen MR) is 94.9 cm³/mol. The molecule has 1 N–H and O–H groups in total. The molecule has 0 aromatic heterocycles. The first-order chi connectivity index (χ1) is 11.3. The Morgan fingerprint density at radius 2 is 1.70 bits per heavy atom. The standard InChI is InChI=1S/C20H27NO2/c1-2-3-4-5-6-7-15-20(22)23-21-16-18-13-10-12-17-11-8-9-14-19(17)18/h8-14,21H,2-7,15-16H2,1H3/q+1. The zero-order valence-electron chi connectivity index (χ0n) is 14.0. The summed E-state index contributed by atoms with van der Waals surface area (Å²) in [7, 11) is 0. The molecule has 0 fully saturated rings. The van der Waals surface area contributed by atoms with Gasteiger partial charge in [0.15, 0.2) is 0 Å². The van der Waals surface area contributed by atoms with Gasteiger partial charge in [-0.3, -0.25) is 0 Å². The lowest BCUT2D eigenvalue weighted by atomic mass is 10.1. The molecular weight excluding hydrogens is 286 g/mol. The van der Waals surface area contributed by atoms with Crippen molar-refractivity contribution in [2.24, 2.45) is 0 Å². The van der Waals surface area contributed by atoms with Gasteiger partial charge in [-0.2, -0.15) is 4.84 Å². The van der Waals surface area contributed by atoms with Crippen LogP contribution in [0, 0.1) is 0 Å². The van der Waals surface area contributed by atoms with E-state index in [-0.39, 0.29) is 5.97 Å². The van der Waals surface area contributed by atoms with Gasteiger partial charge in [0.05, 0.1) is 11.3 Å². The SMILES string of the molecule is CCCCCCCCC(=[O+])ONCc1cccc2ccccc12. The number of nitrogens with one attached hydrogen (secondary N) is 1. The molecule has 1 radical (unpaired) electrons. The molecule has 0 aliphatic heterocycles. The average molecular weight is 313 g/mol. The van der Waals surface area contributed by atoms with Crippen LogP contribution in [0.4, 0.5) is 0 Å². The van der Waals surface area contributed by atoms with Crippen LogP contribution in [0.3, 0.4) is 0 Å². The molecule has 0 aliphatic rings. The number of benzene rings is 2. The summed E-state index contributed by atoms with van der Waals surface area (Å²) in [6.07, 6.45) is 7.54. The maximum atomic E-state index is 11.7. The molecular formula is C20H27NO2+. The van der Waals surface area contributed by atoms with Crippen molar-refractivity contribution in [3.05, 3.63) is 48.0 Å². The Morgan fingerprint density at radius 1 is 0.957 bits per heavy atom. The highest BCUT2D eigenvalue weighted by Crippen LogP contribution is 2.18. The lowest BCUT2D eigenvalue weighted by Crippen LogP contribution is -2.19. The highest BCUT2D eigenvalue weighted by atomic mass is 16.7. The summed E-state index contributed by atoms with van der Waals surface area (Å²) in [5.74, 6) is -0.166. The average Bonchev–Trinajstić information content (AvgIpc) is 2.58. The van der Waals surface area contributed by atoms with Gasteiger partial charge in [-0.25, -0.2) is 0 Å². The molecule has 3 heteroatoms. The summed E-state index contributed by atoms with van der Waals surface area (Å²) < 4.78 is 0. The molecule has 23 heavy (non-hydrogen) atoms. The summed E-state index contributed by atoms with van der Waals surface area (Å²) in [5.41, 5.74) is 3.94. The molecule has 2 aromatic rings. The molecule has 0 unspecified atom stereocenters. The van der Waals surface area contributed by atoms with Crippen molar-refractivity contribution in [3.8, 4) is 0 Å². The third-order valence-electron chi connectivity index (χ3n) is 4.06. The Morgan fingerprint density at radius 3 is 2.57 bits per heavy atom. The van der Waals surface area contributed by atoms with E-state index < -0.39 is 0 Å². The Balaban J connectivity index is 1.67. The van der Waals surface area contributed by atoms with Gasteiger partial charge in [0.2, 0.25) is 0 Å².